The molecule has 5 rings (SSSR count). The minimum absolute atomic E-state index is 0.279. The molecular weight excluding hydrogens is 575 g/mol. The first kappa shape index (κ1) is 27.4. The first-order valence-electron chi connectivity index (χ1n) is 11.9. The molecule has 4 aromatic rings. The average molecular weight is 597 g/mol. The lowest BCUT2D eigenvalue weighted by Gasteiger charge is -2.13. The summed E-state index contributed by atoms with van der Waals surface area (Å²) < 4.78 is 12.5. The van der Waals surface area contributed by atoms with Crippen LogP contribution in [0.3, 0.4) is 0 Å². The number of ether oxygens (including phenoxy) is 2. The first-order valence-corrected chi connectivity index (χ1v) is 13.4. The summed E-state index contributed by atoms with van der Waals surface area (Å²) in [6.45, 7) is 0.472. The second-order valence-corrected chi connectivity index (χ2v) is 10.5. The first-order chi connectivity index (χ1) is 19.2. The number of hydrogen-bond acceptors (Lipinski definition) is 6. The van der Waals surface area contributed by atoms with Gasteiger partial charge >= 0.3 is 6.03 Å². The Kier molecular flexibility index (Phi) is 7.92. The predicted molar refractivity (Wildman–Crippen MR) is 159 cm³/mol. The van der Waals surface area contributed by atoms with E-state index < -0.39 is 17.2 Å². The normalized spacial score (nSPS) is 13.9. The number of carbonyl (C=O) groups is 3. The van der Waals surface area contributed by atoms with Crippen molar-refractivity contribution in [3.05, 3.63) is 86.9 Å². The zero-order valence-corrected chi connectivity index (χ0v) is 23.5. The molecule has 1 saturated heterocycles. The molecule has 1 fully saturated rings. The number of anilines is 2. The summed E-state index contributed by atoms with van der Waals surface area (Å²) in [7, 11) is 3.05. The van der Waals surface area contributed by atoms with Crippen LogP contribution in [0.2, 0.25) is 10.0 Å². The number of fused-ring (bicyclic) bond motifs is 1. The molecule has 0 saturated carbocycles. The van der Waals surface area contributed by atoms with Crippen molar-refractivity contribution >= 4 is 80.5 Å². The largest absolute Gasteiger partial charge is 0.497 e. The Morgan fingerprint density at radius 3 is 2.52 bits per heavy atom. The second kappa shape index (κ2) is 11.5. The molecule has 0 aliphatic carbocycles. The van der Waals surface area contributed by atoms with Gasteiger partial charge in [-0.2, -0.15) is 0 Å². The number of carbonyl (C=O) groups excluding carboxylic acids is 3. The third-order valence-electron chi connectivity index (χ3n) is 6.09. The van der Waals surface area contributed by atoms with Gasteiger partial charge < -0.3 is 24.7 Å². The fraction of sp³-hybridized carbons (Fsp3) is 0.107. The Bertz CT molecular complexity index is 1700. The maximum Gasteiger partial charge on any atom is 0.323 e. The summed E-state index contributed by atoms with van der Waals surface area (Å²) >= 11 is 13.1. The monoisotopic (exact) mass is 596 g/mol. The number of thioether (sulfide) groups is 1. The molecule has 9 nitrogen and oxygen atoms in total. The molecule has 12 heteroatoms. The van der Waals surface area contributed by atoms with Crippen LogP contribution >= 0.6 is 35.0 Å². The molecule has 204 valence electrons. The fourth-order valence-electron chi connectivity index (χ4n) is 4.23. The van der Waals surface area contributed by atoms with E-state index in [4.69, 9.17) is 32.7 Å². The van der Waals surface area contributed by atoms with E-state index in [1.165, 1.54) is 7.11 Å². The van der Waals surface area contributed by atoms with E-state index in [-0.39, 0.29) is 4.91 Å². The van der Waals surface area contributed by atoms with Gasteiger partial charge in [-0.1, -0.05) is 29.3 Å². The van der Waals surface area contributed by atoms with Crippen molar-refractivity contribution in [2.75, 3.05) is 24.9 Å². The maximum absolute atomic E-state index is 12.8. The minimum atomic E-state index is -0.478. The van der Waals surface area contributed by atoms with Crippen molar-refractivity contribution in [2.24, 2.45) is 0 Å². The van der Waals surface area contributed by atoms with Crippen LogP contribution in [0.4, 0.5) is 21.0 Å². The third kappa shape index (κ3) is 5.89. The van der Waals surface area contributed by atoms with Gasteiger partial charge in [0.25, 0.3) is 11.1 Å². The Hall–Kier alpha value is -4.12. The standard InChI is InChI=1S/C28H22Cl2N4O5S/c1-38-18-5-7-22(24(12-18)39-2)32-27(36)31-17-4-8-23-19(11-17)16(10-25-26(35)33-28(37)40-25)14-34(23)13-15-3-6-20(29)21(30)9-15/h3-12,14H,13H2,1-2H3,(H2,31,32,36)(H,33,35,37)/b25-10-. The Labute approximate surface area is 243 Å². The zero-order valence-electron chi connectivity index (χ0n) is 21.2. The molecule has 0 radical (unpaired) electrons. The van der Waals surface area contributed by atoms with E-state index in [1.807, 2.05) is 22.9 Å². The lowest BCUT2D eigenvalue weighted by atomic mass is 10.1. The molecule has 1 aliphatic heterocycles. The summed E-state index contributed by atoms with van der Waals surface area (Å²) in [4.78, 5) is 37.1. The van der Waals surface area contributed by atoms with Crippen LogP contribution in [-0.4, -0.2) is 36.0 Å². The number of rotatable bonds is 7. The smallest absolute Gasteiger partial charge is 0.323 e. The summed E-state index contributed by atoms with van der Waals surface area (Å²) in [6.07, 6.45) is 3.54. The number of urea groups is 1. The number of aromatic nitrogens is 1. The number of imide groups is 1. The van der Waals surface area contributed by atoms with E-state index >= 15 is 0 Å². The Morgan fingerprint density at radius 1 is 1.00 bits per heavy atom. The van der Waals surface area contributed by atoms with Crippen LogP contribution < -0.4 is 25.4 Å². The molecule has 40 heavy (non-hydrogen) atoms. The third-order valence-corrected chi connectivity index (χ3v) is 7.64. The molecule has 0 spiro atoms. The van der Waals surface area contributed by atoms with Gasteiger partial charge in [-0.15, -0.1) is 0 Å². The van der Waals surface area contributed by atoms with Gasteiger partial charge in [0.05, 0.1) is 34.9 Å². The Balaban J connectivity index is 1.47. The quantitative estimate of drug-likeness (QED) is 0.198. The van der Waals surface area contributed by atoms with Crippen LogP contribution in [0, 0.1) is 0 Å². The molecule has 4 amide bonds. The van der Waals surface area contributed by atoms with Crippen LogP contribution in [0.5, 0.6) is 11.5 Å². The highest BCUT2D eigenvalue weighted by atomic mass is 35.5. The van der Waals surface area contributed by atoms with Gasteiger partial charge in [-0.05, 0) is 65.9 Å². The number of amides is 4. The average Bonchev–Trinajstić information content (AvgIpc) is 3.43. The van der Waals surface area contributed by atoms with Gasteiger partial charge in [-0.3, -0.25) is 14.9 Å². The summed E-state index contributed by atoms with van der Waals surface area (Å²) in [6, 6.07) is 15.4. The van der Waals surface area contributed by atoms with Crippen molar-refractivity contribution in [3.63, 3.8) is 0 Å². The molecule has 3 aromatic carbocycles. The predicted octanol–water partition coefficient (Wildman–Crippen LogP) is 6.98. The number of benzene rings is 3. The van der Waals surface area contributed by atoms with Crippen LogP contribution in [-0.2, 0) is 11.3 Å². The maximum atomic E-state index is 12.8. The van der Waals surface area contributed by atoms with Gasteiger partial charge in [0.15, 0.2) is 0 Å². The van der Waals surface area contributed by atoms with Crippen molar-refractivity contribution in [3.8, 4) is 11.5 Å². The number of hydrogen-bond donors (Lipinski definition) is 3. The van der Waals surface area contributed by atoms with E-state index in [9.17, 15) is 14.4 Å². The van der Waals surface area contributed by atoms with Crippen molar-refractivity contribution in [2.45, 2.75) is 6.54 Å². The van der Waals surface area contributed by atoms with E-state index in [0.717, 1.165) is 28.2 Å². The van der Waals surface area contributed by atoms with Crippen LogP contribution in [0.1, 0.15) is 11.1 Å². The van der Waals surface area contributed by atoms with Gasteiger partial charge in [0.1, 0.15) is 11.5 Å². The molecule has 1 aromatic heterocycles. The number of nitrogens with zero attached hydrogens (tertiary/aromatic N) is 1. The molecule has 0 bridgehead atoms. The summed E-state index contributed by atoms with van der Waals surface area (Å²) in [5, 5.41) is 9.12. The molecule has 2 heterocycles. The highest BCUT2D eigenvalue weighted by Crippen LogP contribution is 2.33. The SMILES string of the molecule is COc1ccc(NC(=O)Nc2ccc3c(c2)c(/C=C2\SC(=O)NC2=O)cn3Cc2ccc(Cl)c(Cl)c2)c(OC)c1. The second-order valence-electron chi connectivity index (χ2n) is 8.69. The van der Waals surface area contributed by atoms with Crippen molar-refractivity contribution < 1.29 is 23.9 Å². The van der Waals surface area contributed by atoms with Gasteiger partial charge in [-0.25, -0.2) is 4.79 Å². The van der Waals surface area contributed by atoms with Crippen molar-refractivity contribution in [1.82, 2.24) is 9.88 Å². The zero-order chi connectivity index (χ0) is 28.4. The fourth-order valence-corrected chi connectivity index (χ4v) is 5.23. The van der Waals surface area contributed by atoms with E-state index in [0.29, 0.717) is 45.0 Å². The van der Waals surface area contributed by atoms with Crippen LogP contribution in [0.25, 0.3) is 17.0 Å². The van der Waals surface area contributed by atoms with Crippen molar-refractivity contribution in [1.29, 1.82) is 0 Å². The molecular formula is C28H22Cl2N4O5S. The molecule has 0 unspecified atom stereocenters. The Morgan fingerprint density at radius 2 is 1.82 bits per heavy atom. The minimum Gasteiger partial charge on any atom is -0.497 e. The number of halogens is 2. The summed E-state index contributed by atoms with van der Waals surface area (Å²) in [5.41, 5.74) is 3.44. The van der Waals surface area contributed by atoms with Gasteiger partial charge in [0.2, 0.25) is 0 Å². The number of nitrogens with one attached hydrogen (secondary N) is 3. The highest BCUT2D eigenvalue weighted by molar-refractivity contribution is 8.18. The summed E-state index contributed by atoms with van der Waals surface area (Å²) in [5.74, 6) is 0.582. The lowest BCUT2D eigenvalue weighted by molar-refractivity contribution is -0.115. The molecule has 0 atom stereocenters. The number of methoxy groups -OCH3 is 2. The highest BCUT2D eigenvalue weighted by Gasteiger charge is 2.25. The topological polar surface area (TPSA) is 111 Å². The lowest BCUT2D eigenvalue weighted by Crippen LogP contribution is -2.19. The van der Waals surface area contributed by atoms with Crippen LogP contribution in [0.15, 0.2) is 65.7 Å². The van der Waals surface area contributed by atoms with E-state index in [2.05, 4.69) is 16.0 Å². The van der Waals surface area contributed by atoms with Gasteiger partial charge in [0, 0.05) is 41.0 Å². The molecule has 1 aliphatic rings. The van der Waals surface area contributed by atoms with E-state index in [1.54, 1.807) is 55.7 Å². The molecule has 3 N–H and O–H groups in total.